The molecule has 4 unspecified atom stereocenters. The van der Waals surface area contributed by atoms with Crippen LogP contribution in [0.2, 0.25) is 0 Å². The van der Waals surface area contributed by atoms with Crippen molar-refractivity contribution in [3.8, 4) is 0 Å². The van der Waals surface area contributed by atoms with Crippen LogP contribution in [0.3, 0.4) is 0 Å². The second kappa shape index (κ2) is 44.3. The van der Waals surface area contributed by atoms with Gasteiger partial charge in [0.1, 0.15) is 12.2 Å². The molecule has 0 aliphatic rings. The number of carbonyl (C=O) groups excluding carboxylic acids is 4. The third-order valence-corrected chi connectivity index (χ3v) is 11.5. The van der Waals surface area contributed by atoms with Gasteiger partial charge in [0, 0.05) is 13.8 Å². The Morgan fingerprint density at radius 1 is 0.415 bits per heavy atom. The van der Waals surface area contributed by atoms with Crippen molar-refractivity contribution < 1.29 is 48.3 Å². The third kappa shape index (κ3) is 38.5. The quantitative estimate of drug-likeness (QED) is 0.0358. The van der Waals surface area contributed by atoms with Gasteiger partial charge in [-0.25, -0.2) is 0 Å². The van der Waals surface area contributed by atoms with E-state index in [1.165, 1.54) is 115 Å². The van der Waals surface area contributed by atoms with E-state index in [-0.39, 0.29) is 61.1 Å². The predicted octanol–water partition coefficient (Wildman–Crippen LogP) is 11.1. The fraction of sp³-hybridized carbons (Fsp3) is 0.704. The van der Waals surface area contributed by atoms with Crippen LogP contribution in [0, 0.1) is 0 Å². The number of unbranched alkanes of at least 4 members (excludes halogenated alkanes) is 18. The monoisotopic (exact) mass is 1030 g/mol. The number of hydrogen-bond donors (Lipinski definition) is 0. The number of aliphatic carboxylic acids is 2. The van der Waals surface area contributed by atoms with E-state index >= 15 is 0 Å². The van der Waals surface area contributed by atoms with Gasteiger partial charge in [0.15, 0.2) is 0 Å². The van der Waals surface area contributed by atoms with Gasteiger partial charge in [0.25, 0.3) is 0 Å². The van der Waals surface area contributed by atoms with Crippen LogP contribution in [0.5, 0.6) is 0 Å². The topological polar surface area (TPSA) is 151 Å². The largest absolute Gasteiger partial charge is 2.00 e. The van der Waals surface area contributed by atoms with Crippen molar-refractivity contribution in [3.63, 3.8) is 0 Å². The molecule has 0 heterocycles. The number of rotatable bonds is 40. The fourth-order valence-corrected chi connectivity index (χ4v) is 7.82. The number of carboxylic acids is 2. The minimum Gasteiger partial charge on any atom is -0.546 e. The number of hydrogen-bond acceptors (Lipinski definition) is 10. The van der Waals surface area contributed by atoms with Crippen molar-refractivity contribution in [2.24, 2.45) is 0 Å². The van der Waals surface area contributed by atoms with Crippen LogP contribution < -0.4 is 10.2 Å². The zero-order valence-corrected chi connectivity index (χ0v) is 45.5. The summed E-state index contributed by atoms with van der Waals surface area (Å²) < 4.78 is 22.1. The summed E-state index contributed by atoms with van der Waals surface area (Å²) in [6.45, 7) is 8.23. The number of esters is 2. The molecule has 0 aliphatic heterocycles. The number of carbonyl (C=O) groups is 4. The Balaban J connectivity index is 0.00000124. The Morgan fingerprint density at radius 2 is 0.677 bits per heavy atom. The summed E-state index contributed by atoms with van der Waals surface area (Å²) >= 11 is 0. The Bertz CT molecular complexity index is 1320. The van der Waals surface area contributed by atoms with Crippen LogP contribution in [-0.2, 0) is 51.3 Å². The van der Waals surface area contributed by atoms with Gasteiger partial charge in [-0.2, -0.15) is 0 Å². The average Bonchev–Trinajstić information content (AvgIpc) is 3.28. The summed E-state index contributed by atoms with van der Waals surface area (Å²) in [4.78, 5) is 44.0. The van der Waals surface area contributed by atoms with Crippen LogP contribution in [0.15, 0.2) is 60.7 Å². The van der Waals surface area contributed by atoms with E-state index in [1.807, 2.05) is 36.4 Å². The van der Waals surface area contributed by atoms with Crippen LogP contribution in [0.1, 0.15) is 219 Å². The summed E-state index contributed by atoms with van der Waals surface area (Å²) in [5.41, 5.74) is 2.41. The molecule has 0 N–H and O–H groups in total. The molecule has 0 aromatic heterocycles. The molecular weight excluding hydrogens is 946 g/mol. The van der Waals surface area contributed by atoms with Crippen molar-refractivity contribution in [3.05, 3.63) is 71.8 Å². The molecule has 0 fully saturated rings. The van der Waals surface area contributed by atoms with Gasteiger partial charge in [-0.3, -0.25) is 9.59 Å². The predicted molar refractivity (Wildman–Crippen MR) is 258 cm³/mol. The third-order valence-electron chi connectivity index (χ3n) is 11.5. The van der Waals surface area contributed by atoms with E-state index in [2.05, 4.69) is 38.1 Å². The summed E-state index contributed by atoms with van der Waals surface area (Å²) in [5, 5.41) is 22.1. The molecule has 364 valence electrons. The maximum absolute atomic E-state index is 11.0. The van der Waals surface area contributed by atoms with Gasteiger partial charge in [-0.05, 0) is 62.5 Å². The summed E-state index contributed by atoms with van der Waals surface area (Å²) in [5.74, 6) is -3.79. The zero-order chi connectivity index (χ0) is 46.9. The Kier molecular flexibility index (Phi) is 42.8. The molecule has 11 heteroatoms. The van der Waals surface area contributed by atoms with Crippen molar-refractivity contribution in [1.82, 2.24) is 0 Å². The first-order valence-corrected chi connectivity index (χ1v) is 25.1. The number of ether oxygens (including phenoxy) is 4. The molecule has 0 saturated carbocycles. The van der Waals surface area contributed by atoms with Crippen molar-refractivity contribution in [2.45, 2.75) is 245 Å². The average molecular weight is 1030 g/mol. The zero-order valence-electron chi connectivity index (χ0n) is 41.1. The molecule has 0 bridgehead atoms. The molecule has 2 aromatic rings. The van der Waals surface area contributed by atoms with E-state index in [0.717, 1.165) is 64.2 Å². The van der Waals surface area contributed by atoms with E-state index in [1.54, 1.807) is 0 Å². The Labute approximate surface area is 434 Å². The van der Waals surface area contributed by atoms with Gasteiger partial charge in [-0.15, -0.1) is 0 Å². The Morgan fingerprint density at radius 3 is 0.938 bits per heavy atom. The van der Waals surface area contributed by atoms with Crippen LogP contribution >= 0.6 is 0 Å². The summed E-state index contributed by atoms with van der Waals surface area (Å²) in [7, 11) is 0. The van der Waals surface area contributed by atoms with E-state index in [4.69, 9.17) is 18.9 Å². The summed E-state index contributed by atoms with van der Waals surface area (Å²) in [6.07, 6.45) is 28.7. The van der Waals surface area contributed by atoms with Gasteiger partial charge in [0.2, 0.25) is 0 Å². The molecule has 10 nitrogen and oxygen atoms in total. The van der Waals surface area contributed by atoms with Crippen LogP contribution in [0.4, 0.5) is 0 Å². The first-order chi connectivity index (χ1) is 31.0. The standard InChI is InChI=1S/2C27H44O5.Ba/c2*1-3-4-5-6-7-8-14-19-25(31-22-24-17-12-11-13-18-24)20-15-9-10-16-21-26(27(29)30)32-23(2)28;/h2*11-13,17-18,25-26H,3-10,14-16,19-22H2,1-2H3,(H,29,30);/q;;+2/p-2. The maximum Gasteiger partial charge on any atom is 2.00 e. The van der Waals surface area contributed by atoms with E-state index in [0.29, 0.717) is 38.9 Å². The normalized spacial score (nSPS) is 12.7. The molecule has 0 saturated heterocycles. The van der Waals surface area contributed by atoms with Crippen LogP contribution in [0.25, 0.3) is 0 Å². The fourth-order valence-electron chi connectivity index (χ4n) is 7.82. The molecular formula is C54H86BaO10. The molecule has 0 amide bonds. The van der Waals surface area contributed by atoms with Crippen molar-refractivity contribution in [1.29, 1.82) is 0 Å². The van der Waals surface area contributed by atoms with E-state index in [9.17, 15) is 29.4 Å². The molecule has 2 aromatic carbocycles. The Hall–Kier alpha value is -2.19. The number of carboxylic acid groups (broad SMARTS) is 2. The molecule has 65 heavy (non-hydrogen) atoms. The second-order valence-corrected chi connectivity index (χ2v) is 17.5. The minimum atomic E-state index is -1.32. The molecule has 0 spiro atoms. The SMILES string of the molecule is CCCCCCCCCC(CCCCCCC(OC(C)=O)C(=O)[O-])OCc1ccccc1.CCCCCCCCCC(CCCCCCC(OC(C)=O)C(=O)[O-])OCc1ccccc1.[Ba+2]. The van der Waals surface area contributed by atoms with Gasteiger partial charge in [0.05, 0.1) is 37.4 Å². The van der Waals surface area contributed by atoms with Crippen molar-refractivity contribution >= 4 is 72.8 Å². The first kappa shape index (κ1) is 62.8. The molecule has 2 rings (SSSR count). The molecule has 0 aliphatic carbocycles. The maximum atomic E-state index is 11.0. The minimum absolute atomic E-state index is 0. The van der Waals surface area contributed by atoms with E-state index < -0.39 is 36.1 Å². The van der Waals surface area contributed by atoms with Gasteiger partial charge >= 0.3 is 60.8 Å². The van der Waals surface area contributed by atoms with Gasteiger partial charge in [-0.1, -0.05) is 203 Å². The second-order valence-electron chi connectivity index (χ2n) is 17.5. The molecule has 4 atom stereocenters. The molecule has 0 radical (unpaired) electrons. The first-order valence-electron chi connectivity index (χ1n) is 25.1. The van der Waals surface area contributed by atoms with Gasteiger partial charge < -0.3 is 38.7 Å². The number of benzene rings is 2. The van der Waals surface area contributed by atoms with Crippen LogP contribution in [-0.4, -0.2) is 97.2 Å². The summed E-state index contributed by atoms with van der Waals surface area (Å²) in [6, 6.07) is 20.6. The smallest absolute Gasteiger partial charge is 0.546 e. The van der Waals surface area contributed by atoms with Crippen molar-refractivity contribution in [2.75, 3.05) is 0 Å².